The maximum atomic E-state index is 12.7. The number of imide groups is 1. The summed E-state index contributed by atoms with van der Waals surface area (Å²) in [5.74, 6) is -0.380. The van der Waals surface area contributed by atoms with Crippen LogP contribution in [0.5, 0.6) is 0 Å². The van der Waals surface area contributed by atoms with E-state index in [0.717, 1.165) is 0 Å². The molecular formula is C16H20N4O5. The van der Waals surface area contributed by atoms with Crippen LogP contribution in [0.3, 0.4) is 0 Å². The summed E-state index contributed by atoms with van der Waals surface area (Å²) in [6, 6.07) is 4.32. The van der Waals surface area contributed by atoms with Gasteiger partial charge in [-0.1, -0.05) is 6.07 Å². The molecule has 1 aromatic heterocycles. The number of anilines is 1. The number of benzene rings is 1. The van der Waals surface area contributed by atoms with Crippen LogP contribution in [-0.2, 0) is 14.5 Å². The minimum atomic E-state index is -0.730. The summed E-state index contributed by atoms with van der Waals surface area (Å²) in [5, 5.41) is 9.92. The number of hydrogen-bond acceptors (Lipinski definition) is 7. The van der Waals surface area contributed by atoms with E-state index in [1.54, 1.807) is 32.0 Å². The van der Waals surface area contributed by atoms with Crippen LogP contribution in [0.2, 0.25) is 0 Å². The lowest BCUT2D eigenvalue weighted by Gasteiger charge is -2.24. The van der Waals surface area contributed by atoms with Gasteiger partial charge in [0, 0.05) is 12.1 Å². The molecule has 1 fully saturated rings. The molecule has 1 unspecified atom stereocenters. The van der Waals surface area contributed by atoms with Crippen molar-refractivity contribution in [3.05, 3.63) is 34.4 Å². The van der Waals surface area contributed by atoms with Crippen LogP contribution in [-0.4, -0.2) is 33.2 Å². The zero-order chi connectivity index (χ0) is 18.6. The van der Waals surface area contributed by atoms with E-state index < -0.39 is 11.9 Å². The van der Waals surface area contributed by atoms with Crippen LogP contribution in [0.15, 0.2) is 23.0 Å². The molecule has 0 radical (unpaired) electrons. The number of aromatic nitrogens is 2. The Balaban J connectivity index is 0.000000511. The second-order valence-corrected chi connectivity index (χ2v) is 5.46. The fourth-order valence-electron chi connectivity index (χ4n) is 2.67. The molecule has 4 N–H and O–H groups in total. The molecule has 2 aromatic rings. The molecule has 3 rings (SSSR count). The molecule has 25 heavy (non-hydrogen) atoms. The summed E-state index contributed by atoms with van der Waals surface area (Å²) < 4.78 is 1.32. The maximum absolute atomic E-state index is 12.7. The predicted octanol–water partition coefficient (Wildman–Crippen LogP) is 0.761. The summed E-state index contributed by atoms with van der Waals surface area (Å²) in [6.45, 7) is 3.74. The second-order valence-electron chi connectivity index (χ2n) is 5.46. The van der Waals surface area contributed by atoms with Gasteiger partial charge in [0.15, 0.2) is 0 Å². The standard InChI is InChI=1S/C14H14N4O3.C2H6O2/c1-7-16-9-4-2-3-8(15)12(9)14(21)18(7)10-5-6-11(19)17-13(10)20;1-2-4-3/h2-4,10H,5-6,15H2,1H3,(H,17,19,20);3H,2H2,1H3. The molecule has 0 aliphatic carbocycles. The van der Waals surface area contributed by atoms with Crippen LogP contribution < -0.4 is 16.6 Å². The smallest absolute Gasteiger partial charge is 0.264 e. The Morgan fingerprint density at radius 1 is 1.40 bits per heavy atom. The highest BCUT2D eigenvalue weighted by molar-refractivity contribution is 5.99. The average molecular weight is 348 g/mol. The lowest BCUT2D eigenvalue weighted by Crippen LogP contribution is -2.45. The fraction of sp³-hybridized carbons (Fsp3) is 0.375. The third kappa shape index (κ3) is 3.83. The summed E-state index contributed by atoms with van der Waals surface area (Å²) in [5.41, 5.74) is 6.32. The van der Waals surface area contributed by atoms with Crippen molar-refractivity contribution in [3.63, 3.8) is 0 Å². The van der Waals surface area contributed by atoms with Gasteiger partial charge in [-0.3, -0.25) is 29.5 Å². The number of carbonyl (C=O) groups is 2. The predicted molar refractivity (Wildman–Crippen MR) is 90.8 cm³/mol. The van der Waals surface area contributed by atoms with Crippen molar-refractivity contribution in [2.24, 2.45) is 0 Å². The van der Waals surface area contributed by atoms with Crippen LogP contribution in [0.1, 0.15) is 31.6 Å². The molecule has 1 saturated heterocycles. The fourth-order valence-corrected chi connectivity index (χ4v) is 2.67. The van der Waals surface area contributed by atoms with Crippen LogP contribution in [0.4, 0.5) is 5.69 Å². The normalized spacial score (nSPS) is 17.0. The minimum Gasteiger partial charge on any atom is -0.398 e. The van der Waals surface area contributed by atoms with E-state index in [1.165, 1.54) is 4.57 Å². The first kappa shape index (κ1) is 18.6. The first-order chi connectivity index (χ1) is 11.9. The van der Waals surface area contributed by atoms with Gasteiger partial charge in [-0.2, -0.15) is 0 Å². The molecule has 134 valence electrons. The van der Waals surface area contributed by atoms with Crippen molar-refractivity contribution in [1.82, 2.24) is 14.9 Å². The third-order valence-corrected chi connectivity index (χ3v) is 3.79. The summed E-state index contributed by atoms with van der Waals surface area (Å²) in [7, 11) is 0. The molecule has 1 aliphatic rings. The molecule has 1 atom stereocenters. The van der Waals surface area contributed by atoms with E-state index in [1.807, 2.05) is 0 Å². The summed E-state index contributed by atoms with van der Waals surface area (Å²) >= 11 is 0. The third-order valence-electron chi connectivity index (χ3n) is 3.79. The summed E-state index contributed by atoms with van der Waals surface area (Å²) in [4.78, 5) is 43.8. The minimum absolute atomic E-state index is 0.199. The van der Waals surface area contributed by atoms with Gasteiger partial charge in [-0.15, -0.1) is 0 Å². The molecule has 9 nitrogen and oxygen atoms in total. The van der Waals surface area contributed by atoms with E-state index in [2.05, 4.69) is 15.2 Å². The first-order valence-electron chi connectivity index (χ1n) is 7.78. The topological polar surface area (TPSA) is 137 Å². The molecule has 1 aliphatic heterocycles. The first-order valence-corrected chi connectivity index (χ1v) is 7.78. The van der Waals surface area contributed by atoms with Gasteiger partial charge in [-0.25, -0.2) is 9.87 Å². The van der Waals surface area contributed by atoms with E-state index in [4.69, 9.17) is 11.0 Å². The Morgan fingerprint density at radius 3 is 2.68 bits per heavy atom. The van der Waals surface area contributed by atoms with E-state index in [9.17, 15) is 14.4 Å². The van der Waals surface area contributed by atoms with E-state index in [0.29, 0.717) is 29.0 Å². The second kappa shape index (κ2) is 7.86. The number of nitrogens with two attached hydrogens (primary N) is 1. The van der Waals surface area contributed by atoms with Gasteiger partial charge in [0.2, 0.25) is 11.8 Å². The van der Waals surface area contributed by atoms with Crippen molar-refractivity contribution in [3.8, 4) is 0 Å². The van der Waals surface area contributed by atoms with Gasteiger partial charge in [0.25, 0.3) is 5.56 Å². The molecule has 0 saturated carbocycles. The van der Waals surface area contributed by atoms with Gasteiger partial charge in [-0.05, 0) is 32.4 Å². The Bertz CT molecular complexity index is 859. The highest BCUT2D eigenvalue weighted by atomic mass is 17.1. The van der Waals surface area contributed by atoms with Gasteiger partial charge in [0.1, 0.15) is 11.9 Å². The monoisotopic (exact) mass is 348 g/mol. The number of nitrogens with zero attached hydrogens (tertiary/aromatic N) is 2. The zero-order valence-electron chi connectivity index (χ0n) is 14.0. The average Bonchev–Trinajstić information content (AvgIpc) is 2.56. The number of piperidine rings is 1. The van der Waals surface area contributed by atoms with E-state index >= 15 is 0 Å². The number of hydrogen-bond donors (Lipinski definition) is 3. The molecule has 2 amide bonds. The number of carbonyl (C=O) groups excluding carboxylic acids is 2. The highest BCUT2D eigenvalue weighted by Gasteiger charge is 2.30. The van der Waals surface area contributed by atoms with Gasteiger partial charge >= 0.3 is 0 Å². The molecule has 0 spiro atoms. The number of amides is 2. The van der Waals surface area contributed by atoms with Crippen LogP contribution in [0, 0.1) is 6.92 Å². The van der Waals surface area contributed by atoms with Crippen molar-refractivity contribution in [1.29, 1.82) is 0 Å². The number of nitrogens with one attached hydrogen (secondary N) is 1. The molecule has 1 aromatic carbocycles. The lowest BCUT2D eigenvalue weighted by atomic mass is 10.1. The largest absolute Gasteiger partial charge is 0.398 e. The number of aryl methyl sites for hydroxylation is 1. The van der Waals surface area contributed by atoms with E-state index in [-0.39, 0.29) is 24.3 Å². The van der Waals surface area contributed by atoms with Crippen LogP contribution >= 0.6 is 0 Å². The SMILES string of the molecule is CCOO.Cc1nc2cccc(N)c2c(=O)n1C1CCC(=O)NC1=O. The molecule has 0 bridgehead atoms. The van der Waals surface area contributed by atoms with Crippen LogP contribution in [0.25, 0.3) is 10.9 Å². The zero-order valence-corrected chi connectivity index (χ0v) is 14.0. The molecule has 2 heterocycles. The summed E-state index contributed by atoms with van der Waals surface area (Å²) in [6.07, 6.45) is 0.482. The maximum Gasteiger partial charge on any atom is 0.264 e. The van der Waals surface area contributed by atoms with Crippen molar-refractivity contribution in [2.75, 3.05) is 12.3 Å². The van der Waals surface area contributed by atoms with Gasteiger partial charge in [0.05, 0.1) is 17.5 Å². The lowest BCUT2D eigenvalue weighted by molar-refractivity contribution is -0.237. The molecular weight excluding hydrogens is 328 g/mol. The van der Waals surface area contributed by atoms with Crippen molar-refractivity contribution < 1.29 is 19.7 Å². The molecule has 9 heteroatoms. The Labute approximate surface area is 143 Å². The quantitative estimate of drug-likeness (QED) is 0.315. The van der Waals surface area contributed by atoms with Crippen molar-refractivity contribution in [2.45, 2.75) is 32.7 Å². The highest BCUT2D eigenvalue weighted by Crippen LogP contribution is 2.21. The number of nitrogen functional groups attached to an aromatic ring is 1. The van der Waals surface area contributed by atoms with Crippen molar-refractivity contribution >= 4 is 28.4 Å². The number of fused-ring (bicyclic) bond motifs is 1. The Morgan fingerprint density at radius 2 is 2.08 bits per heavy atom. The number of rotatable bonds is 2. The van der Waals surface area contributed by atoms with Gasteiger partial charge < -0.3 is 5.73 Å². The Hall–Kier alpha value is -2.78. The Kier molecular flexibility index (Phi) is 5.84.